The average molecular weight is 305 g/mol. The summed E-state index contributed by atoms with van der Waals surface area (Å²) in [6, 6.07) is 4.06. The highest BCUT2D eigenvalue weighted by Gasteiger charge is 2.15. The molecule has 1 amide bonds. The number of aromatic nitrogens is 1. The number of nitrogens with zero attached hydrogens (tertiary/aromatic N) is 2. The van der Waals surface area contributed by atoms with Crippen LogP contribution < -0.4 is 5.32 Å². The Morgan fingerprint density at radius 2 is 2.00 bits per heavy atom. The van der Waals surface area contributed by atoms with E-state index in [0.717, 1.165) is 17.8 Å². The number of alkyl carbamates (subject to hydrolysis) is 1. The van der Waals surface area contributed by atoms with Crippen molar-refractivity contribution in [1.29, 1.82) is 0 Å². The normalized spacial score (nSPS) is 16.3. The number of rotatable bonds is 4. The number of amides is 1. The van der Waals surface area contributed by atoms with Gasteiger partial charge in [0.1, 0.15) is 5.60 Å². The molecule has 2 heterocycles. The predicted octanol–water partition coefficient (Wildman–Crippen LogP) is 3.09. The third kappa shape index (κ3) is 6.02. The number of hydrogen-bond acceptors (Lipinski definition) is 4. The van der Waals surface area contributed by atoms with E-state index in [2.05, 4.69) is 15.2 Å². The first-order valence-electron chi connectivity index (χ1n) is 8.05. The van der Waals surface area contributed by atoms with Crippen LogP contribution in [0.4, 0.5) is 4.79 Å². The van der Waals surface area contributed by atoms with Crippen LogP contribution in [0.3, 0.4) is 0 Å². The minimum absolute atomic E-state index is 0.398. The van der Waals surface area contributed by atoms with Crippen molar-refractivity contribution < 1.29 is 9.53 Å². The second-order valence-corrected chi connectivity index (χ2v) is 6.85. The Labute approximate surface area is 133 Å². The van der Waals surface area contributed by atoms with Gasteiger partial charge in [0.15, 0.2) is 0 Å². The number of ether oxygens (including phenoxy) is 1. The maximum atomic E-state index is 11.6. The van der Waals surface area contributed by atoms with Crippen molar-refractivity contribution in [3.05, 3.63) is 29.6 Å². The van der Waals surface area contributed by atoms with Gasteiger partial charge in [-0.25, -0.2) is 4.79 Å². The molecule has 1 N–H and O–H groups in total. The lowest BCUT2D eigenvalue weighted by Crippen LogP contribution is -2.32. The lowest BCUT2D eigenvalue weighted by atomic mass is 10.1. The largest absolute Gasteiger partial charge is 0.444 e. The summed E-state index contributed by atoms with van der Waals surface area (Å²) in [5.74, 6) is 0. The number of carbonyl (C=O) groups is 1. The molecule has 122 valence electrons. The van der Waals surface area contributed by atoms with E-state index >= 15 is 0 Å². The Morgan fingerprint density at radius 1 is 1.27 bits per heavy atom. The highest BCUT2D eigenvalue weighted by Crippen LogP contribution is 2.12. The first kappa shape index (κ1) is 16.7. The summed E-state index contributed by atoms with van der Waals surface area (Å²) in [6.45, 7) is 9.25. The summed E-state index contributed by atoms with van der Waals surface area (Å²) in [5.41, 5.74) is 1.59. The van der Waals surface area contributed by atoms with E-state index in [1.807, 2.05) is 39.1 Å². The SMILES string of the molecule is CC(C)(C)OC(=O)NCc1ccc(CN2CCCCC2)nc1. The maximum absolute atomic E-state index is 11.6. The van der Waals surface area contributed by atoms with Gasteiger partial charge in [-0.15, -0.1) is 0 Å². The van der Waals surface area contributed by atoms with E-state index < -0.39 is 11.7 Å². The molecule has 1 aromatic rings. The Kier molecular flexibility index (Phi) is 5.77. The predicted molar refractivity (Wildman–Crippen MR) is 86.4 cm³/mol. The summed E-state index contributed by atoms with van der Waals surface area (Å²) in [6.07, 6.45) is 5.36. The van der Waals surface area contributed by atoms with Crippen LogP contribution in [0.25, 0.3) is 0 Å². The van der Waals surface area contributed by atoms with Gasteiger partial charge in [-0.3, -0.25) is 9.88 Å². The van der Waals surface area contributed by atoms with E-state index in [1.165, 1.54) is 32.4 Å². The lowest BCUT2D eigenvalue weighted by Gasteiger charge is -2.25. The lowest BCUT2D eigenvalue weighted by molar-refractivity contribution is 0.0523. The second kappa shape index (κ2) is 7.58. The highest BCUT2D eigenvalue weighted by molar-refractivity contribution is 5.67. The van der Waals surface area contributed by atoms with Crippen LogP contribution in [-0.4, -0.2) is 34.7 Å². The van der Waals surface area contributed by atoms with E-state index in [0.29, 0.717) is 6.54 Å². The number of nitrogens with one attached hydrogen (secondary N) is 1. The standard InChI is InChI=1S/C17H27N3O2/c1-17(2,3)22-16(21)19-12-14-7-8-15(18-11-14)13-20-9-5-4-6-10-20/h7-8,11H,4-6,9-10,12-13H2,1-3H3,(H,19,21). The Balaban J connectivity index is 1.77. The Morgan fingerprint density at radius 3 is 2.59 bits per heavy atom. The molecule has 1 aromatic heterocycles. The molecule has 0 unspecified atom stereocenters. The highest BCUT2D eigenvalue weighted by atomic mass is 16.6. The smallest absolute Gasteiger partial charge is 0.407 e. The van der Waals surface area contributed by atoms with Gasteiger partial charge < -0.3 is 10.1 Å². The molecule has 0 spiro atoms. The van der Waals surface area contributed by atoms with Gasteiger partial charge in [-0.05, 0) is 58.3 Å². The van der Waals surface area contributed by atoms with E-state index in [1.54, 1.807) is 0 Å². The molecule has 1 saturated heterocycles. The quantitative estimate of drug-likeness (QED) is 0.928. The number of likely N-dealkylation sites (tertiary alicyclic amines) is 1. The van der Waals surface area contributed by atoms with Crippen LogP contribution in [0.5, 0.6) is 0 Å². The van der Waals surface area contributed by atoms with E-state index in [4.69, 9.17) is 4.74 Å². The average Bonchev–Trinajstić information content (AvgIpc) is 2.46. The Bertz CT molecular complexity index is 474. The minimum atomic E-state index is -0.472. The monoisotopic (exact) mass is 305 g/mol. The zero-order chi connectivity index (χ0) is 16.0. The van der Waals surface area contributed by atoms with Crippen molar-refractivity contribution in [2.75, 3.05) is 13.1 Å². The third-order valence-corrected chi connectivity index (χ3v) is 3.56. The van der Waals surface area contributed by atoms with Crippen LogP contribution in [0.1, 0.15) is 51.3 Å². The van der Waals surface area contributed by atoms with Crippen molar-refractivity contribution >= 4 is 6.09 Å². The Hall–Kier alpha value is -1.62. The van der Waals surface area contributed by atoms with Gasteiger partial charge in [0.05, 0.1) is 5.69 Å². The van der Waals surface area contributed by atoms with Crippen LogP contribution >= 0.6 is 0 Å². The molecule has 0 atom stereocenters. The number of piperidine rings is 1. The molecule has 0 aromatic carbocycles. The number of hydrogen-bond donors (Lipinski definition) is 1. The maximum Gasteiger partial charge on any atom is 0.407 e. The van der Waals surface area contributed by atoms with Gasteiger partial charge in [0.2, 0.25) is 0 Å². The van der Waals surface area contributed by atoms with Gasteiger partial charge in [-0.2, -0.15) is 0 Å². The van der Waals surface area contributed by atoms with Crippen LogP contribution in [0.2, 0.25) is 0 Å². The molecule has 22 heavy (non-hydrogen) atoms. The first-order valence-corrected chi connectivity index (χ1v) is 8.05. The molecule has 1 aliphatic rings. The molecule has 2 rings (SSSR count). The van der Waals surface area contributed by atoms with E-state index in [-0.39, 0.29) is 0 Å². The zero-order valence-corrected chi connectivity index (χ0v) is 13.9. The molecule has 0 saturated carbocycles. The van der Waals surface area contributed by atoms with Crippen molar-refractivity contribution in [2.24, 2.45) is 0 Å². The molecular weight excluding hydrogens is 278 g/mol. The van der Waals surface area contributed by atoms with Crippen molar-refractivity contribution in [3.8, 4) is 0 Å². The molecular formula is C17H27N3O2. The number of carbonyl (C=O) groups excluding carboxylic acids is 1. The molecule has 1 aliphatic heterocycles. The fourth-order valence-corrected chi connectivity index (χ4v) is 2.49. The van der Waals surface area contributed by atoms with Crippen LogP contribution in [0, 0.1) is 0 Å². The fraction of sp³-hybridized carbons (Fsp3) is 0.647. The summed E-state index contributed by atoms with van der Waals surface area (Å²) in [7, 11) is 0. The summed E-state index contributed by atoms with van der Waals surface area (Å²) in [5, 5.41) is 2.74. The van der Waals surface area contributed by atoms with Crippen molar-refractivity contribution in [1.82, 2.24) is 15.2 Å². The first-order chi connectivity index (χ1) is 10.4. The van der Waals surface area contributed by atoms with Crippen molar-refractivity contribution in [3.63, 3.8) is 0 Å². The van der Waals surface area contributed by atoms with Gasteiger partial charge in [-0.1, -0.05) is 12.5 Å². The summed E-state index contributed by atoms with van der Waals surface area (Å²) in [4.78, 5) is 18.5. The van der Waals surface area contributed by atoms with Crippen LogP contribution in [0.15, 0.2) is 18.3 Å². The second-order valence-electron chi connectivity index (χ2n) is 6.85. The molecule has 5 nitrogen and oxygen atoms in total. The molecule has 5 heteroatoms. The fourth-order valence-electron chi connectivity index (χ4n) is 2.49. The van der Waals surface area contributed by atoms with Crippen LogP contribution in [-0.2, 0) is 17.8 Å². The summed E-state index contributed by atoms with van der Waals surface area (Å²) >= 11 is 0. The van der Waals surface area contributed by atoms with Gasteiger partial charge >= 0.3 is 6.09 Å². The van der Waals surface area contributed by atoms with Gasteiger partial charge in [0.25, 0.3) is 0 Å². The molecule has 0 radical (unpaired) electrons. The van der Waals surface area contributed by atoms with Crippen molar-refractivity contribution in [2.45, 2.75) is 58.7 Å². The number of pyridine rings is 1. The molecule has 0 bridgehead atoms. The van der Waals surface area contributed by atoms with Gasteiger partial charge in [0, 0.05) is 19.3 Å². The summed E-state index contributed by atoms with van der Waals surface area (Å²) < 4.78 is 5.21. The molecule has 0 aliphatic carbocycles. The molecule has 1 fully saturated rings. The topological polar surface area (TPSA) is 54.5 Å². The minimum Gasteiger partial charge on any atom is -0.444 e. The third-order valence-electron chi connectivity index (χ3n) is 3.56. The zero-order valence-electron chi connectivity index (χ0n) is 13.9. The van der Waals surface area contributed by atoms with E-state index in [9.17, 15) is 4.79 Å².